The summed E-state index contributed by atoms with van der Waals surface area (Å²) in [7, 11) is 2.23. The molecule has 2 aromatic carbocycles. The van der Waals surface area contributed by atoms with E-state index in [1.54, 1.807) is 11.1 Å². The zero-order chi connectivity index (χ0) is 15.6. The lowest BCUT2D eigenvalue weighted by Gasteiger charge is -2.32. The van der Waals surface area contributed by atoms with Gasteiger partial charge in [-0.25, -0.2) is 0 Å². The maximum absolute atomic E-state index is 2.46. The molecule has 0 unspecified atom stereocenters. The summed E-state index contributed by atoms with van der Waals surface area (Å²) in [5, 5.41) is 0. The molecule has 1 aliphatic carbocycles. The Kier molecular flexibility index (Phi) is 4.43. The predicted octanol–water partition coefficient (Wildman–Crippen LogP) is 4.59. The van der Waals surface area contributed by atoms with Crippen LogP contribution in [0.4, 0.5) is 0 Å². The van der Waals surface area contributed by atoms with Crippen LogP contribution in [-0.4, -0.2) is 7.85 Å². The average molecular weight is 290 g/mol. The SMILES string of the molecule is Bc1ccc2c(c1)C(CCCC)(CCCC)c1ccccc1-2. The zero-order valence-electron chi connectivity index (χ0n) is 14.3. The van der Waals surface area contributed by atoms with E-state index in [-0.39, 0.29) is 5.41 Å². The smallest absolute Gasteiger partial charge is 0.0886 e. The van der Waals surface area contributed by atoms with Crippen molar-refractivity contribution in [3.8, 4) is 11.1 Å². The quantitative estimate of drug-likeness (QED) is 0.682. The van der Waals surface area contributed by atoms with Crippen molar-refractivity contribution in [1.29, 1.82) is 0 Å². The van der Waals surface area contributed by atoms with E-state index >= 15 is 0 Å². The summed E-state index contributed by atoms with van der Waals surface area (Å²) in [6.07, 6.45) is 7.75. The van der Waals surface area contributed by atoms with Crippen LogP contribution in [0.25, 0.3) is 11.1 Å². The second kappa shape index (κ2) is 6.32. The highest BCUT2D eigenvalue weighted by Gasteiger charge is 2.41. The van der Waals surface area contributed by atoms with Crippen LogP contribution in [0.5, 0.6) is 0 Å². The largest absolute Gasteiger partial charge is 0.139 e. The molecule has 0 atom stereocenters. The molecule has 0 amide bonds. The molecule has 0 saturated heterocycles. The average Bonchev–Trinajstić information content (AvgIpc) is 2.81. The van der Waals surface area contributed by atoms with Gasteiger partial charge in [-0.15, -0.1) is 0 Å². The molecule has 0 bridgehead atoms. The topological polar surface area (TPSA) is 0 Å². The molecular weight excluding hydrogens is 263 g/mol. The lowest BCUT2D eigenvalue weighted by molar-refractivity contribution is 0.414. The fraction of sp³-hybridized carbons (Fsp3) is 0.429. The number of hydrogen-bond acceptors (Lipinski definition) is 0. The van der Waals surface area contributed by atoms with Crippen LogP contribution >= 0.6 is 0 Å². The third-order valence-corrected chi connectivity index (χ3v) is 5.34. The fourth-order valence-corrected chi connectivity index (χ4v) is 4.19. The van der Waals surface area contributed by atoms with Gasteiger partial charge in [0.05, 0.1) is 0 Å². The van der Waals surface area contributed by atoms with Crippen molar-refractivity contribution >= 4 is 13.3 Å². The van der Waals surface area contributed by atoms with E-state index in [0.29, 0.717) is 0 Å². The maximum Gasteiger partial charge on any atom is 0.139 e. The molecule has 1 heteroatoms. The second-order valence-corrected chi connectivity index (χ2v) is 6.88. The van der Waals surface area contributed by atoms with Gasteiger partial charge in [0.15, 0.2) is 0 Å². The normalized spacial score (nSPS) is 14.6. The monoisotopic (exact) mass is 290 g/mol. The van der Waals surface area contributed by atoms with Gasteiger partial charge < -0.3 is 0 Å². The fourth-order valence-electron chi connectivity index (χ4n) is 4.19. The molecule has 0 aliphatic heterocycles. The van der Waals surface area contributed by atoms with Crippen LogP contribution in [-0.2, 0) is 5.41 Å². The zero-order valence-corrected chi connectivity index (χ0v) is 14.3. The molecular formula is C21H27B. The lowest BCUT2D eigenvalue weighted by Crippen LogP contribution is -2.26. The van der Waals surface area contributed by atoms with Gasteiger partial charge in [0, 0.05) is 5.41 Å². The van der Waals surface area contributed by atoms with Gasteiger partial charge in [0.1, 0.15) is 7.85 Å². The molecule has 22 heavy (non-hydrogen) atoms. The lowest BCUT2D eigenvalue weighted by atomic mass is 9.70. The Bertz CT molecular complexity index is 649. The Labute approximate surface area is 136 Å². The van der Waals surface area contributed by atoms with Crippen molar-refractivity contribution in [1.82, 2.24) is 0 Å². The molecule has 0 heterocycles. The van der Waals surface area contributed by atoms with Gasteiger partial charge in [-0.05, 0) is 35.1 Å². The Balaban J connectivity index is 2.20. The Morgan fingerprint density at radius 1 is 0.818 bits per heavy atom. The summed E-state index contributed by atoms with van der Waals surface area (Å²) < 4.78 is 0. The first-order chi connectivity index (χ1) is 10.7. The van der Waals surface area contributed by atoms with Gasteiger partial charge in [0.25, 0.3) is 0 Å². The first kappa shape index (κ1) is 15.4. The van der Waals surface area contributed by atoms with Crippen molar-refractivity contribution < 1.29 is 0 Å². The molecule has 0 fully saturated rings. The predicted molar refractivity (Wildman–Crippen MR) is 99.9 cm³/mol. The van der Waals surface area contributed by atoms with Crippen molar-refractivity contribution in [2.45, 2.75) is 57.8 Å². The Morgan fingerprint density at radius 3 is 2.14 bits per heavy atom. The molecule has 2 aromatic rings. The summed E-state index contributed by atoms with van der Waals surface area (Å²) in [6.45, 7) is 4.62. The first-order valence-corrected chi connectivity index (χ1v) is 8.94. The molecule has 114 valence electrons. The van der Waals surface area contributed by atoms with Crippen molar-refractivity contribution in [2.75, 3.05) is 0 Å². The standard InChI is InChI=1S/C21H27B/c1-3-5-13-21(14-6-4-2)19-10-8-7-9-17(19)18-12-11-16(22)15-20(18)21/h7-12,15H,3-6,13-14,22H2,1-2H3. The summed E-state index contributed by atoms with van der Waals surface area (Å²) in [4.78, 5) is 0. The molecule has 1 aliphatic rings. The highest BCUT2D eigenvalue weighted by molar-refractivity contribution is 6.32. The van der Waals surface area contributed by atoms with E-state index in [0.717, 1.165) is 0 Å². The molecule has 0 radical (unpaired) electrons. The van der Waals surface area contributed by atoms with Crippen LogP contribution in [0.15, 0.2) is 42.5 Å². The van der Waals surface area contributed by atoms with E-state index in [1.165, 1.54) is 55.1 Å². The minimum Gasteiger partial charge on any atom is -0.0886 e. The van der Waals surface area contributed by atoms with E-state index in [4.69, 9.17) is 0 Å². The summed E-state index contributed by atoms with van der Waals surface area (Å²) in [5.74, 6) is 0. The summed E-state index contributed by atoms with van der Waals surface area (Å²) >= 11 is 0. The van der Waals surface area contributed by atoms with Crippen LogP contribution < -0.4 is 5.46 Å². The Morgan fingerprint density at radius 2 is 1.45 bits per heavy atom. The summed E-state index contributed by atoms with van der Waals surface area (Å²) in [5.41, 5.74) is 7.78. The maximum atomic E-state index is 2.46. The highest BCUT2D eigenvalue weighted by Crippen LogP contribution is 2.53. The molecule has 0 nitrogen and oxygen atoms in total. The third-order valence-electron chi connectivity index (χ3n) is 5.34. The van der Waals surface area contributed by atoms with Gasteiger partial charge in [-0.2, -0.15) is 0 Å². The molecule has 0 N–H and O–H groups in total. The van der Waals surface area contributed by atoms with Gasteiger partial charge in [0.2, 0.25) is 0 Å². The minimum atomic E-state index is 0.254. The third kappa shape index (κ3) is 2.41. The minimum absolute atomic E-state index is 0.254. The highest BCUT2D eigenvalue weighted by atomic mass is 14.4. The number of rotatable bonds is 6. The van der Waals surface area contributed by atoms with E-state index in [1.807, 2.05) is 0 Å². The van der Waals surface area contributed by atoms with E-state index in [9.17, 15) is 0 Å². The number of unbranched alkanes of at least 4 members (excludes halogenated alkanes) is 2. The number of fused-ring (bicyclic) bond motifs is 3. The first-order valence-electron chi connectivity index (χ1n) is 8.94. The van der Waals surface area contributed by atoms with Crippen LogP contribution in [0.3, 0.4) is 0 Å². The van der Waals surface area contributed by atoms with Gasteiger partial charge >= 0.3 is 0 Å². The van der Waals surface area contributed by atoms with E-state index in [2.05, 4.69) is 64.2 Å². The van der Waals surface area contributed by atoms with Crippen molar-refractivity contribution in [2.24, 2.45) is 0 Å². The van der Waals surface area contributed by atoms with E-state index < -0.39 is 0 Å². The van der Waals surface area contributed by atoms with Crippen LogP contribution in [0, 0.1) is 0 Å². The van der Waals surface area contributed by atoms with Crippen molar-refractivity contribution in [3.63, 3.8) is 0 Å². The molecule has 0 spiro atoms. The van der Waals surface area contributed by atoms with Crippen LogP contribution in [0.2, 0.25) is 0 Å². The number of benzene rings is 2. The Hall–Kier alpha value is -1.50. The van der Waals surface area contributed by atoms with Gasteiger partial charge in [-0.3, -0.25) is 0 Å². The van der Waals surface area contributed by atoms with Gasteiger partial charge in [-0.1, -0.05) is 87.5 Å². The van der Waals surface area contributed by atoms with Crippen molar-refractivity contribution in [3.05, 3.63) is 53.6 Å². The second-order valence-electron chi connectivity index (χ2n) is 6.88. The molecule has 3 rings (SSSR count). The number of hydrogen-bond donors (Lipinski definition) is 0. The van der Waals surface area contributed by atoms with Crippen LogP contribution in [0.1, 0.15) is 63.5 Å². The molecule has 0 aromatic heterocycles. The molecule has 0 saturated carbocycles. The summed E-state index contributed by atoms with van der Waals surface area (Å²) in [6, 6.07) is 16.2.